The largest absolute Gasteiger partial charge is 0.348 e. The molecule has 118 valence electrons. The lowest BCUT2D eigenvalue weighted by molar-refractivity contribution is -0.117. The second-order valence-corrected chi connectivity index (χ2v) is 5.81. The zero-order chi connectivity index (χ0) is 16.6. The van der Waals surface area contributed by atoms with E-state index in [-0.39, 0.29) is 23.4 Å². The summed E-state index contributed by atoms with van der Waals surface area (Å²) < 4.78 is 13.1. The number of nitrogens with zero attached hydrogens (tertiary/aromatic N) is 1. The van der Waals surface area contributed by atoms with Crippen molar-refractivity contribution in [3.05, 3.63) is 63.9 Å². The highest BCUT2D eigenvalue weighted by Crippen LogP contribution is 2.28. The Labute approximate surface area is 137 Å². The molecule has 1 aliphatic heterocycles. The van der Waals surface area contributed by atoms with Crippen LogP contribution in [0.25, 0.3) is 0 Å². The molecule has 0 bridgehead atoms. The molecule has 0 saturated heterocycles. The lowest BCUT2D eigenvalue weighted by Crippen LogP contribution is -2.23. The predicted molar refractivity (Wildman–Crippen MR) is 86.1 cm³/mol. The average Bonchev–Trinajstić information content (AvgIpc) is 2.82. The molecule has 0 atom stereocenters. The summed E-state index contributed by atoms with van der Waals surface area (Å²) >= 11 is 5.71. The number of benzene rings is 2. The van der Waals surface area contributed by atoms with Gasteiger partial charge in [0.1, 0.15) is 5.82 Å². The summed E-state index contributed by atoms with van der Waals surface area (Å²) in [5.74, 6) is -0.733. The van der Waals surface area contributed by atoms with Gasteiger partial charge in [-0.05, 0) is 41.5 Å². The standard InChI is InChI=1S/C17H14ClFN2O2/c1-21-15-5-3-11(7-12(15)8-16(21)22)17(23)20-9-10-2-4-14(19)13(18)6-10/h2-7H,8-9H2,1H3,(H,20,23). The summed E-state index contributed by atoms with van der Waals surface area (Å²) in [4.78, 5) is 25.5. The van der Waals surface area contributed by atoms with Crippen LogP contribution >= 0.6 is 11.6 Å². The SMILES string of the molecule is CN1C(=O)Cc2cc(C(=O)NCc3ccc(F)c(Cl)c3)ccc21. The van der Waals surface area contributed by atoms with Gasteiger partial charge in [0, 0.05) is 24.8 Å². The zero-order valence-corrected chi connectivity index (χ0v) is 13.2. The van der Waals surface area contributed by atoms with Crippen molar-refractivity contribution in [2.75, 3.05) is 11.9 Å². The topological polar surface area (TPSA) is 49.4 Å². The third-order valence-corrected chi connectivity index (χ3v) is 4.15. The van der Waals surface area contributed by atoms with Crippen LogP contribution in [-0.4, -0.2) is 18.9 Å². The first kappa shape index (κ1) is 15.5. The van der Waals surface area contributed by atoms with Gasteiger partial charge in [0.05, 0.1) is 11.4 Å². The lowest BCUT2D eigenvalue weighted by atomic mass is 10.1. The molecule has 1 N–H and O–H groups in total. The maximum atomic E-state index is 13.1. The molecule has 1 aliphatic rings. The van der Waals surface area contributed by atoms with E-state index in [9.17, 15) is 14.0 Å². The monoisotopic (exact) mass is 332 g/mol. The molecule has 3 rings (SSSR count). The van der Waals surface area contributed by atoms with Crippen molar-refractivity contribution in [2.45, 2.75) is 13.0 Å². The fourth-order valence-electron chi connectivity index (χ4n) is 2.55. The van der Waals surface area contributed by atoms with E-state index in [1.807, 2.05) is 0 Å². The Morgan fingerprint density at radius 2 is 2.09 bits per heavy atom. The maximum absolute atomic E-state index is 13.1. The number of hydrogen-bond donors (Lipinski definition) is 1. The van der Waals surface area contributed by atoms with Crippen LogP contribution in [0.5, 0.6) is 0 Å². The number of nitrogens with one attached hydrogen (secondary N) is 1. The molecule has 0 spiro atoms. The fraction of sp³-hybridized carbons (Fsp3) is 0.176. The Morgan fingerprint density at radius 1 is 1.30 bits per heavy atom. The number of anilines is 1. The number of likely N-dealkylation sites (N-methyl/N-ethyl adjacent to an activating group) is 1. The van der Waals surface area contributed by atoms with Crippen LogP contribution in [0.3, 0.4) is 0 Å². The Kier molecular flexibility index (Phi) is 4.05. The van der Waals surface area contributed by atoms with Gasteiger partial charge in [-0.1, -0.05) is 17.7 Å². The predicted octanol–water partition coefficient (Wildman–Crippen LogP) is 2.93. The molecule has 0 unspecified atom stereocenters. The van der Waals surface area contributed by atoms with Crippen LogP contribution in [0, 0.1) is 5.82 Å². The second-order valence-electron chi connectivity index (χ2n) is 5.40. The van der Waals surface area contributed by atoms with E-state index >= 15 is 0 Å². The summed E-state index contributed by atoms with van der Waals surface area (Å²) in [5.41, 5.74) is 2.87. The molecule has 1 heterocycles. The Hall–Kier alpha value is -2.40. The smallest absolute Gasteiger partial charge is 0.251 e. The lowest BCUT2D eigenvalue weighted by Gasteiger charge is -2.11. The molecule has 0 radical (unpaired) electrons. The normalized spacial score (nSPS) is 13.2. The molecule has 0 aliphatic carbocycles. The van der Waals surface area contributed by atoms with E-state index in [0.717, 1.165) is 11.3 Å². The van der Waals surface area contributed by atoms with E-state index in [1.165, 1.54) is 12.1 Å². The van der Waals surface area contributed by atoms with Crippen molar-refractivity contribution in [2.24, 2.45) is 0 Å². The fourth-order valence-corrected chi connectivity index (χ4v) is 2.75. The highest BCUT2D eigenvalue weighted by atomic mass is 35.5. The van der Waals surface area contributed by atoms with Crippen LogP contribution in [0.2, 0.25) is 5.02 Å². The van der Waals surface area contributed by atoms with Gasteiger partial charge < -0.3 is 10.2 Å². The van der Waals surface area contributed by atoms with Crippen LogP contribution in [-0.2, 0) is 17.8 Å². The molecule has 0 fully saturated rings. The first-order valence-corrected chi connectivity index (χ1v) is 7.45. The molecule has 2 aromatic rings. The van der Waals surface area contributed by atoms with E-state index in [0.29, 0.717) is 17.5 Å². The minimum Gasteiger partial charge on any atom is -0.348 e. The Balaban J connectivity index is 1.71. The third kappa shape index (κ3) is 3.05. The molecule has 6 heteroatoms. The molecule has 4 nitrogen and oxygen atoms in total. The first-order valence-electron chi connectivity index (χ1n) is 7.07. The molecule has 2 aromatic carbocycles. The molecular weight excluding hydrogens is 319 g/mol. The summed E-state index contributed by atoms with van der Waals surface area (Å²) in [6.07, 6.45) is 0.306. The number of halogens is 2. The Bertz CT molecular complexity index is 807. The van der Waals surface area contributed by atoms with Gasteiger partial charge in [0.15, 0.2) is 0 Å². The van der Waals surface area contributed by atoms with Crippen LogP contribution in [0.4, 0.5) is 10.1 Å². The third-order valence-electron chi connectivity index (χ3n) is 3.86. The van der Waals surface area contributed by atoms with Crippen molar-refractivity contribution in [3.8, 4) is 0 Å². The number of amides is 2. The van der Waals surface area contributed by atoms with Gasteiger partial charge in [0.25, 0.3) is 5.91 Å². The van der Waals surface area contributed by atoms with E-state index in [2.05, 4.69) is 5.32 Å². The summed E-state index contributed by atoms with van der Waals surface area (Å²) in [5, 5.41) is 2.78. The van der Waals surface area contributed by atoms with Crippen LogP contribution in [0.1, 0.15) is 21.5 Å². The number of carbonyl (C=O) groups excluding carboxylic acids is 2. The average molecular weight is 333 g/mol. The van der Waals surface area contributed by atoms with Crippen molar-refractivity contribution in [3.63, 3.8) is 0 Å². The zero-order valence-electron chi connectivity index (χ0n) is 12.4. The van der Waals surface area contributed by atoms with Crippen molar-refractivity contribution in [1.82, 2.24) is 5.32 Å². The van der Waals surface area contributed by atoms with Gasteiger partial charge in [0.2, 0.25) is 5.91 Å². The first-order chi connectivity index (χ1) is 11.0. The second kappa shape index (κ2) is 6.01. The minimum atomic E-state index is -0.492. The van der Waals surface area contributed by atoms with Crippen molar-refractivity contribution >= 4 is 29.1 Å². The van der Waals surface area contributed by atoms with Gasteiger partial charge in [-0.25, -0.2) is 4.39 Å². The van der Waals surface area contributed by atoms with Crippen LogP contribution in [0.15, 0.2) is 36.4 Å². The minimum absolute atomic E-state index is 0.0125. The van der Waals surface area contributed by atoms with Crippen molar-refractivity contribution in [1.29, 1.82) is 0 Å². The summed E-state index contributed by atoms with van der Waals surface area (Å²) in [6, 6.07) is 9.49. The quantitative estimate of drug-likeness (QED) is 0.939. The summed E-state index contributed by atoms with van der Waals surface area (Å²) in [6.45, 7) is 0.245. The molecule has 0 saturated carbocycles. The van der Waals surface area contributed by atoms with Gasteiger partial charge in [-0.2, -0.15) is 0 Å². The number of hydrogen-bond acceptors (Lipinski definition) is 2. The molecule has 0 aromatic heterocycles. The van der Waals surface area contributed by atoms with E-state index in [1.54, 1.807) is 36.2 Å². The maximum Gasteiger partial charge on any atom is 0.251 e. The Morgan fingerprint density at radius 3 is 2.83 bits per heavy atom. The highest BCUT2D eigenvalue weighted by molar-refractivity contribution is 6.30. The van der Waals surface area contributed by atoms with Crippen molar-refractivity contribution < 1.29 is 14.0 Å². The number of fused-ring (bicyclic) bond motifs is 1. The van der Waals surface area contributed by atoms with Gasteiger partial charge in [-0.3, -0.25) is 9.59 Å². The summed E-state index contributed by atoms with van der Waals surface area (Å²) in [7, 11) is 1.71. The molecule has 23 heavy (non-hydrogen) atoms. The molecular formula is C17H14ClFN2O2. The van der Waals surface area contributed by atoms with Gasteiger partial charge in [-0.15, -0.1) is 0 Å². The van der Waals surface area contributed by atoms with E-state index in [4.69, 9.17) is 11.6 Å². The highest BCUT2D eigenvalue weighted by Gasteiger charge is 2.24. The number of rotatable bonds is 3. The van der Waals surface area contributed by atoms with Crippen LogP contribution < -0.4 is 10.2 Å². The molecule has 2 amide bonds. The van der Waals surface area contributed by atoms with E-state index < -0.39 is 5.82 Å². The van der Waals surface area contributed by atoms with Gasteiger partial charge >= 0.3 is 0 Å². The number of carbonyl (C=O) groups is 2.